The van der Waals surface area contributed by atoms with Gasteiger partial charge < -0.3 is 10.6 Å². The number of benzene rings is 1. The average molecular weight is 394 g/mol. The van der Waals surface area contributed by atoms with E-state index < -0.39 is 10.0 Å². The van der Waals surface area contributed by atoms with Crippen molar-refractivity contribution in [1.82, 2.24) is 14.9 Å². The Morgan fingerprint density at radius 3 is 2.52 bits per heavy atom. The molecule has 27 heavy (non-hydrogen) atoms. The molecule has 1 heterocycles. The molecule has 0 bridgehead atoms. The van der Waals surface area contributed by atoms with Crippen molar-refractivity contribution in [3.8, 4) is 0 Å². The number of likely N-dealkylation sites (N-methyl/N-ethyl adjacent to an activating group) is 1. The summed E-state index contributed by atoms with van der Waals surface area (Å²) in [5, 5.41) is 6.04. The third kappa shape index (κ3) is 4.70. The molecular formula is C20H31N3O3S. The number of piperidine rings is 1. The molecule has 2 aliphatic rings. The quantitative estimate of drug-likeness (QED) is 0.771. The number of amides is 1. The highest BCUT2D eigenvalue weighted by atomic mass is 32.2. The zero-order valence-electron chi connectivity index (χ0n) is 16.3. The van der Waals surface area contributed by atoms with Gasteiger partial charge in [-0.05, 0) is 75.8 Å². The van der Waals surface area contributed by atoms with Crippen LogP contribution >= 0.6 is 0 Å². The van der Waals surface area contributed by atoms with E-state index in [2.05, 4.69) is 10.6 Å². The van der Waals surface area contributed by atoms with Crippen molar-refractivity contribution >= 4 is 15.9 Å². The summed E-state index contributed by atoms with van der Waals surface area (Å²) in [5.41, 5.74) is 2.46. The van der Waals surface area contributed by atoms with E-state index in [1.807, 2.05) is 26.1 Å². The van der Waals surface area contributed by atoms with Crippen LogP contribution in [0.4, 0.5) is 0 Å². The highest BCUT2D eigenvalue weighted by Crippen LogP contribution is 2.28. The van der Waals surface area contributed by atoms with Gasteiger partial charge in [0.2, 0.25) is 15.9 Å². The van der Waals surface area contributed by atoms with Crippen LogP contribution in [0.3, 0.4) is 0 Å². The number of carbonyl (C=O) groups excluding carboxylic acids is 1. The summed E-state index contributed by atoms with van der Waals surface area (Å²) in [6.45, 7) is 3.40. The van der Waals surface area contributed by atoms with Gasteiger partial charge in [0.25, 0.3) is 0 Å². The van der Waals surface area contributed by atoms with Gasteiger partial charge in [0.1, 0.15) is 0 Å². The molecule has 1 fully saturated rings. The first kappa shape index (κ1) is 20.3. The standard InChI is InChI=1S/C20H31N3O3S/c1-15(21-2)14-22-20(24)17-9-11-23(12-10-17)27(25,26)19-8-7-16-5-3-4-6-18(16)13-19/h7-8,13,15,17,21H,3-6,9-12,14H2,1-2H3,(H,22,24). The fourth-order valence-electron chi connectivity index (χ4n) is 3.88. The van der Waals surface area contributed by atoms with Crippen LogP contribution in [0.1, 0.15) is 43.7 Å². The number of rotatable bonds is 6. The third-order valence-electron chi connectivity index (χ3n) is 5.86. The summed E-state index contributed by atoms with van der Waals surface area (Å²) in [6, 6.07) is 5.81. The highest BCUT2D eigenvalue weighted by molar-refractivity contribution is 7.89. The summed E-state index contributed by atoms with van der Waals surface area (Å²) in [6.07, 6.45) is 5.47. The molecule has 1 amide bonds. The van der Waals surface area contributed by atoms with Gasteiger partial charge >= 0.3 is 0 Å². The van der Waals surface area contributed by atoms with E-state index in [1.165, 1.54) is 21.9 Å². The van der Waals surface area contributed by atoms with Crippen molar-refractivity contribution in [2.45, 2.75) is 56.4 Å². The first-order valence-corrected chi connectivity index (χ1v) is 11.4. The molecule has 0 radical (unpaired) electrons. The normalized spacial score (nSPS) is 20.1. The molecule has 6 nitrogen and oxygen atoms in total. The Kier molecular flexibility index (Phi) is 6.55. The number of aryl methyl sites for hydroxylation is 2. The van der Waals surface area contributed by atoms with E-state index in [1.54, 1.807) is 6.07 Å². The van der Waals surface area contributed by atoms with E-state index in [4.69, 9.17) is 0 Å². The second-order valence-electron chi connectivity index (χ2n) is 7.75. The minimum absolute atomic E-state index is 0.0305. The maximum absolute atomic E-state index is 13.0. The van der Waals surface area contributed by atoms with Crippen LogP contribution in [0.25, 0.3) is 0 Å². The average Bonchev–Trinajstić information content (AvgIpc) is 2.71. The summed E-state index contributed by atoms with van der Waals surface area (Å²) in [4.78, 5) is 12.7. The highest BCUT2D eigenvalue weighted by Gasteiger charge is 2.32. The van der Waals surface area contributed by atoms with Crippen LogP contribution in [-0.4, -0.2) is 51.4 Å². The fraction of sp³-hybridized carbons (Fsp3) is 0.650. The first-order chi connectivity index (χ1) is 12.9. The summed E-state index contributed by atoms with van der Waals surface area (Å²) >= 11 is 0. The van der Waals surface area contributed by atoms with Crippen LogP contribution in [0.15, 0.2) is 23.1 Å². The molecule has 1 atom stereocenters. The molecule has 3 rings (SSSR count). The number of fused-ring (bicyclic) bond motifs is 1. The summed E-state index contributed by atoms with van der Waals surface area (Å²) in [5.74, 6) is -0.0769. The number of nitrogens with one attached hydrogen (secondary N) is 2. The number of carbonyl (C=O) groups is 1. The van der Waals surface area contributed by atoms with Crippen molar-refractivity contribution in [3.05, 3.63) is 29.3 Å². The molecule has 7 heteroatoms. The number of hydrogen-bond acceptors (Lipinski definition) is 4. The van der Waals surface area contributed by atoms with Crippen LogP contribution in [0.2, 0.25) is 0 Å². The Bertz CT molecular complexity index is 771. The molecule has 1 aliphatic heterocycles. The minimum atomic E-state index is -3.48. The van der Waals surface area contributed by atoms with Crippen molar-refractivity contribution in [2.24, 2.45) is 5.92 Å². The van der Waals surface area contributed by atoms with Gasteiger partial charge in [-0.3, -0.25) is 4.79 Å². The zero-order chi connectivity index (χ0) is 19.4. The summed E-state index contributed by atoms with van der Waals surface area (Å²) in [7, 11) is -1.62. The molecule has 2 N–H and O–H groups in total. The minimum Gasteiger partial charge on any atom is -0.354 e. The Balaban J connectivity index is 1.60. The number of sulfonamides is 1. The Labute approximate surface area is 162 Å². The predicted molar refractivity (Wildman–Crippen MR) is 106 cm³/mol. The van der Waals surface area contributed by atoms with Gasteiger partial charge in [-0.1, -0.05) is 6.07 Å². The lowest BCUT2D eigenvalue weighted by Gasteiger charge is -2.31. The van der Waals surface area contributed by atoms with Crippen LogP contribution in [0.5, 0.6) is 0 Å². The van der Waals surface area contributed by atoms with Gasteiger partial charge in [-0.25, -0.2) is 8.42 Å². The van der Waals surface area contributed by atoms with E-state index >= 15 is 0 Å². The van der Waals surface area contributed by atoms with Gasteiger partial charge in [0.15, 0.2) is 0 Å². The molecular weight excluding hydrogens is 362 g/mol. The number of nitrogens with zero attached hydrogens (tertiary/aromatic N) is 1. The molecule has 150 valence electrons. The van der Waals surface area contributed by atoms with Gasteiger partial charge in [-0.2, -0.15) is 4.31 Å². The lowest BCUT2D eigenvalue weighted by molar-refractivity contribution is -0.126. The van der Waals surface area contributed by atoms with E-state index in [-0.39, 0.29) is 17.9 Å². The smallest absolute Gasteiger partial charge is 0.243 e. The fourth-order valence-corrected chi connectivity index (χ4v) is 5.40. The van der Waals surface area contributed by atoms with Gasteiger partial charge in [-0.15, -0.1) is 0 Å². The van der Waals surface area contributed by atoms with E-state index in [0.717, 1.165) is 19.3 Å². The molecule has 0 spiro atoms. The van der Waals surface area contributed by atoms with Crippen molar-refractivity contribution in [3.63, 3.8) is 0 Å². The molecule has 0 aromatic heterocycles. The Morgan fingerprint density at radius 2 is 1.85 bits per heavy atom. The van der Waals surface area contributed by atoms with E-state index in [0.29, 0.717) is 37.4 Å². The second-order valence-corrected chi connectivity index (χ2v) is 9.69. The largest absolute Gasteiger partial charge is 0.354 e. The maximum Gasteiger partial charge on any atom is 0.243 e. The van der Waals surface area contributed by atoms with Gasteiger partial charge in [0, 0.05) is 31.6 Å². The van der Waals surface area contributed by atoms with Crippen LogP contribution < -0.4 is 10.6 Å². The third-order valence-corrected chi connectivity index (χ3v) is 7.75. The van der Waals surface area contributed by atoms with Crippen LogP contribution in [0, 0.1) is 5.92 Å². The number of hydrogen-bond donors (Lipinski definition) is 2. The molecule has 1 aromatic carbocycles. The topological polar surface area (TPSA) is 78.5 Å². The lowest BCUT2D eigenvalue weighted by atomic mass is 9.92. The molecule has 1 saturated heterocycles. The molecule has 1 aliphatic carbocycles. The Morgan fingerprint density at radius 1 is 1.19 bits per heavy atom. The summed E-state index contributed by atoms with van der Waals surface area (Å²) < 4.78 is 27.6. The lowest BCUT2D eigenvalue weighted by Crippen LogP contribution is -2.45. The SMILES string of the molecule is CNC(C)CNC(=O)C1CCN(S(=O)(=O)c2ccc3c(c2)CCCC3)CC1. The van der Waals surface area contributed by atoms with Crippen LogP contribution in [-0.2, 0) is 27.7 Å². The maximum atomic E-state index is 13.0. The van der Waals surface area contributed by atoms with Crippen molar-refractivity contribution in [2.75, 3.05) is 26.7 Å². The van der Waals surface area contributed by atoms with E-state index in [9.17, 15) is 13.2 Å². The first-order valence-electron chi connectivity index (χ1n) is 9.98. The second kappa shape index (κ2) is 8.71. The Hall–Kier alpha value is -1.44. The van der Waals surface area contributed by atoms with Gasteiger partial charge in [0.05, 0.1) is 4.90 Å². The molecule has 1 unspecified atom stereocenters. The monoisotopic (exact) mass is 393 g/mol. The zero-order valence-corrected chi connectivity index (χ0v) is 17.1. The molecule has 0 saturated carbocycles. The predicted octanol–water partition coefficient (Wildman–Crippen LogP) is 1.69. The van der Waals surface area contributed by atoms with Crippen molar-refractivity contribution in [1.29, 1.82) is 0 Å². The molecule has 1 aromatic rings. The van der Waals surface area contributed by atoms with Crippen molar-refractivity contribution < 1.29 is 13.2 Å².